The highest BCUT2D eigenvalue weighted by Gasteiger charge is 2.15. The predicted octanol–water partition coefficient (Wildman–Crippen LogP) is 6.07. The molecule has 1 N–H and O–H groups in total. The van der Waals surface area contributed by atoms with Crippen LogP contribution in [0.1, 0.15) is 10.4 Å². The molecule has 0 bridgehead atoms. The van der Waals surface area contributed by atoms with Crippen LogP contribution in [0.2, 0.25) is 5.02 Å². The second kappa shape index (κ2) is 7.53. The van der Waals surface area contributed by atoms with Gasteiger partial charge in [0.25, 0.3) is 0 Å². The van der Waals surface area contributed by atoms with Gasteiger partial charge in [-0.2, -0.15) is 0 Å². The first-order valence-electron chi connectivity index (χ1n) is 8.74. The van der Waals surface area contributed by atoms with E-state index in [4.69, 9.17) is 16.3 Å². The van der Waals surface area contributed by atoms with Crippen molar-refractivity contribution in [2.45, 2.75) is 0 Å². The topological polar surface area (TPSA) is 59.4 Å². The van der Waals surface area contributed by atoms with Crippen LogP contribution in [-0.4, -0.2) is 23.2 Å². The Hall–Kier alpha value is -3.44. The van der Waals surface area contributed by atoms with Crippen LogP contribution in [0.15, 0.2) is 66.7 Å². The third-order valence-corrected chi connectivity index (χ3v) is 4.90. The summed E-state index contributed by atoms with van der Waals surface area (Å²) < 4.78 is 20.0. The third-order valence-electron chi connectivity index (χ3n) is 4.67. The largest absolute Gasteiger partial charge is 0.497 e. The Morgan fingerprint density at radius 3 is 2.38 bits per heavy atom. The number of rotatable bonds is 4. The maximum Gasteiger partial charge on any atom is 0.336 e. The van der Waals surface area contributed by atoms with Gasteiger partial charge in [-0.3, -0.25) is 0 Å². The van der Waals surface area contributed by atoms with Gasteiger partial charge in [-0.15, -0.1) is 0 Å². The second-order valence-corrected chi connectivity index (χ2v) is 6.88. The van der Waals surface area contributed by atoms with Gasteiger partial charge < -0.3 is 9.84 Å². The molecule has 4 rings (SSSR count). The standard InChI is InChI=1S/C23H15ClFNO3/c1-29-16-6-2-13(3-7-16)17-8-4-14(10-20(17)25)22-12-19(23(27)28)18-11-15(24)5-9-21(18)26-22/h2-12H,1H3,(H,27,28). The smallest absolute Gasteiger partial charge is 0.336 e. The van der Waals surface area contributed by atoms with Crippen LogP contribution in [0, 0.1) is 5.82 Å². The molecule has 0 unspecified atom stereocenters. The first-order valence-corrected chi connectivity index (χ1v) is 9.12. The summed E-state index contributed by atoms with van der Waals surface area (Å²) in [7, 11) is 1.57. The molecule has 1 heterocycles. The number of nitrogens with zero attached hydrogens (tertiary/aromatic N) is 1. The van der Waals surface area contributed by atoms with Crippen molar-refractivity contribution in [2.24, 2.45) is 0 Å². The van der Waals surface area contributed by atoms with Gasteiger partial charge in [0.2, 0.25) is 0 Å². The van der Waals surface area contributed by atoms with E-state index in [1.54, 1.807) is 61.7 Å². The van der Waals surface area contributed by atoms with E-state index in [9.17, 15) is 14.3 Å². The van der Waals surface area contributed by atoms with Crippen LogP contribution < -0.4 is 4.74 Å². The van der Waals surface area contributed by atoms with E-state index in [-0.39, 0.29) is 5.56 Å². The van der Waals surface area contributed by atoms with Gasteiger partial charge in [-0.1, -0.05) is 35.9 Å². The van der Waals surface area contributed by atoms with Gasteiger partial charge in [-0.25, -0.2) is 14.2 Å². The highest BCUT2D eigenvalue weighted by Crippen LogP contribution is 2.31. The fraction of sp³-hybridized carbons (Fsp3) is 0.0435. The highest BCUT2D eigenvalue weighted by molar-refractivity contribution is 6.31. The van der Waals surface area contributed by atoms with E-state index in [0.717, 1.165) is 0 Å². The number of hydrogen-bond donors (Lipinski definition) is 1. The molecule has 0 radical (unpaired) electrons. The lowest BCUT2D eigenvalue weighted by Crippen LogP contribution is -2.00. The molecule has 1 aromatic heterocycles. The number of halogens is 2. The zero-order valence-electron chi connectivity index (χ0n) is 15.3. The Morgan fingerprint density at radius 1 is 1.00 bits per heavy atom. The van der Waals surface area contributed by atoms with Crippen LogP contribution >= 0.6 is 11.6 Å². The lowest BCUT2D eigenvalue weighted by Gasteiger charge is -2.10. The minimum atomic E-state index is -1.10. The van der Waals surface area contributed by atoms with Crippen molar-refractivity contribution in [3.63, 3.8) is 0 Å². The average Bonchev–Trinajstić information content (AvgIpc) is 2.73. The average molecular weight is 408 g/mol. The number of fused-ring (bicyclic) bond motifs is 1. The normalized spacial score (nSPS) is 10.9. The summed E-state index contributed by atoms with van der Waals surface area (Å²) >= 11 is 5.99. The molecule has 4 aromatic rings. The molecule has 0 spiro atoms. The lowest BCUT2D eigenvalue weighted by molar-refractivity contribution is 0.0699. The number of carboxylic acids is 1. The van der Waals surface area contributed by atoms with Gasteiger partial charge in [-0.05, 0) is 48.0 Å². The van der Waals surface area contributed by atoms with E-state index >= 15 is 0 Å². The number of aromatic carboxylic acids is 1. The molecule has 0 fully saturated rings. The number of methoxy groups -OCH3 is 1. The Labute approximate surface area is 171 Å². The zero-order valence-corrected chi connectivity index (χ0v) is 16.1. The molecule has 29 heavy (non-hydrogen) atoms. The van der Waals surface area contributed by atoms with E-state index < -0.39 is 11.8 Å². The number of carboxylic acid groups (broad SMARTS) is 1. The van der Waals surface area contributed by atoms with Gasteiger partial charge in [0, 0.05) is 21.5 Å². The van der Waals surface area contributed by atoms with Crippen LogP contribution in [0.25, 0.3) is 33.3 Å². The van der Waals surface area contributed by atoms with Gasteiger partial charge in [0.15, 0.2) is 0 Å². The summed E-state index contributed by atoms with van der Waals surface area (Å²) in [6.07, 6.45) is 0. The molecule has 0 aliphatic heterocycles. The molecule has 0 amide bonds. The van der Waals surface area contributed by atoms with Gasteiger partial charge in [0.1, 0.15) is 11.6 Å². The fourth-order valence-corrected chi connectivity index (χ4v) is 3.37. The summed E-state index contributed by atoms with van der Waals surface area (Å²) in [5.41, 5.74) is 2.54. The number of hydrogen-bond acceptors (Lipinski definition) is 3. The van der Waals surface area contributed by atoms with E-state index in [2.05, 4.69) is 4.98 Å². The van der Waals surface area contributed by atoms with Crippen molar-refractivity contribution in [3.8, 4) is 28.1 Å². The predicted molar refractivity (Wildman–Crippen MR) is 111 cm³/mol. The maximum atomic E-state index is 14.8. The zero-order chi connectivity index (χ0) is 20.5. The van der Waals surface area contributed by atoms with Crippen molar-refractivity contribution < 1.29 is 19.0 Å². The van der Waals surface area contributed by atoms with E-state index in [0.29, 0.717) is 44.1 Å². The molecular weight excluding hydrogens is 393 g/mol. The Balaban J connectivity index is 1.80. The van der Waals surface area contributed by atoms with Crippen molar-refractivity contribution in [2.75, 3.05) is 7.11 Å². The molecule has 6 heteroatoms. The summed E-state index contributed by atoms with van der Waals surface area (Å²) in [4.78, 5) is 16.2. The molecular formula is C23H15ClFNO3. The quantitative estimate of drug-likeness (QED) is 0.446. The summed E-state index contributed by atoms with van der Waals surface area (Å²) in [5.74, 6) is -0.841. The highest BCUT2D eigenvalue weighted by atomic mass is 35.5. The minimum absolute atomic E-state index is 0.0622. The number of benzene rings is 3. The minimum Gasteiger partial charge on any atom is -0.497 e. The monoisotopic (exact) mass is 407 g/mol. The van der Waals surface area contributed by atoms with Crippen molar-refractivity contribution in [1.29, 1.82) is 0 Å². The Bertz CT molecular complexity index is 1240. The van der Waals surface area contributed by atoms with Crippen LogP contribution in [0.5, 0.6) is 5.75 Å². The fourth-order valence-electron chi connectivity index (χ4n) is 3.20. The van der Waals surface area contributed by atoms with Gasteiger partial charge in [0.05, 0.1) is 23.9 Å². The van der Waals surface area contributed by atoms with E-state index in [1.165, 1.54) is 12.1 Å². The van der Waals surface area contributed by atoms with Crippen LogP contribution in [-0.2, 0) is 0 Å². The lowest BCUT2D eigenvalue weighted by atomic mass is 10.00. The van der Waals surface area contributed by atoms with Gasteiger partial charge >= 0.3 is 5.97 Å². The summed E-state index contributed by atoms with van der Waals surface area (Å²) in [5, 5.41) is 10.4. The number of aromatic nitrogens is 1. The number of pyridine rings is 1. The number of carbonyl (C=O) groups is 1. The summed E-state index contributed by atoms with van der Waals surface area (Å²) in [6.45, 7) is 0. The second-order valence-electron chi connectivity index (χ2n) is 6.44. The first-order chi connectivity index (χ1) is 14.0. The molecule has 3 aromatic carbocycles. The molecule has 4 nitrogen and oxygen atoms in total. The third kappa shape index (κ3) is 3.65. The summed E-state index contributed by atoms with van der Waals surface area (Å²) in [6, 6.07) is 18.1. The van der Waals surface area contributed by atoms with Crippen molar-refractivity contribution in [1.82, 2.24) is 4.98 Å². The van der Waals surface area contributed by atoms with Crippen molar-refractivity contribution >= 4 is 28.5 Å². The molecule has 0 aliphatic rings. The van der Waals surface area contributed by atoms with Crippen LogP contribution in [0.4, 0.5) is 4.39 Å². The number of ether oxygens (including phenoxy) is 1. The molecule has 0 saturated heterocycles. The van der Waals surface area contributed by atoms with E-state index in [1.807, 2.05) is 0 Å². The molecule has 0 saturated carbocycles. The molecule has 144 valence electrons. The SMILES string of the molecule is COc1ccc(-c2ccc(-c3cc(C(=O)O)c4cc(Cl)ccc4n3)cc2F)cc1. The Morgan fingerprint density at radius 2 is 1.72 bits per heavy atom. The first kappa shape index (κ1) is 18.9. The maximum absolute atomic E-state index is 14.8. The van der Waals surface area contributed by atoms with Crippen LogP contribution in [0.3, 0.4) is 0 Å². The Kier molecular flexibility index (Phi) is 4.91. The molecule has 0 atom stereocenters. The van der Waals surface area contributed by atoms with Crippen molar-refractivity contribution in [3.05, 3.63) is 83.1 Å². The molecule has 0 aliphatic carbocycles.